The Bertz CT molecular complexity index is 980. The Morgan fingerprint density at radius 2 is 2.09 bits per heavy atom. The lowest BCUT2D eigenvalue weighted by atomic mass is 10.1. The molecule has 0 N–H and O–H groups in total. The van der Waals surface area contributed by atoms with Crippen molar-refractivity contribution in [3.05, 3.63) is 46.1 Å². The van der Waals surface area contributed by atoms with E-state index in [9.17, 15) is 8.42 Å². The molecule has 0 saturated heterocycles. The highest BCUT2D eigenvalue weighted by molar-refractivity contribution is 7.92. The van der Waals surface area contributed by atoms with Gasteiger partial charge in [0.05, 0.1) is 10.2 Å². The van der Waals surface area contributed by atoms with Crippen molar-refractivity contribution in [1.82, 2.24) is 4.57 Å². The van der Waals surface area contributed by atoms with Crippen molar-refractivity contribution >= 4 is 42.9 Å². The molecule has 0 atom stereocenters. The maximum atomic E-state index is 12.3. The molecule has 0 radical (unpaired) electrons. The fraction of sp³-hybridized carbons (Fsp3) is 0.312. The molecular formula is C16H18N2O2S3. The van der Waals surface area contributed by atoms with Gasteiger partial charge >= 0.3 is 0 Å². The van der Waals surface area contributed by atoms with Crippen molar-refractivity contribution in [2.45, 2.75) is 30.4 Å². The Morgan fingerprint density at radius 3 is 2.78 bits per heavy atom. The molecule has 3 aromatic rings. The molecule has 3 rings (SSSR count). The minimum absolute atomic E-state index is 0.276. The van der Waals surface area contributed by atoms with Crippen molar-refractivity contribution in [2.24, 2.45) is 11.4 Å². The molecule has 0 aliphatic heterocycles. The van der Waals surface area contributed by atoms with Gasteiger partial charge in [0.25, 0.3) is 10.0 Å². The van der Waals surface area contributed by atoms with E-state index in [4.69, 9.17) is 0 Å². The molecule has 0 aliphatic rings. The van der Waals surface area contributed by atoms with E-state index in [2.05, 4.69) is 23.5 Å². The van der Waals surface area contributed by atoms with Gasteiger partial charge in [-0.2, -0.15) is 8.42 Å². The highest BCUT2D eigenvalue weighted by atomic mass is 32.2. The lowest BCUT2D eigenvalue weighted by Crippen LogP contribution is -2.13. The van der Waals surface area contributed by atoms with Gasteiger partial charge in [-0.05, 0) is 42.0 Å². The van der Waals surface area contributed by atoms with E-state index >= 15 is 0 Å². The van der Waals surface area contributed by atoms with Gasteiger partial charge in [-0.3, -0.25) is 0 Å². The number of unbranched alkanes of at least 4 members (excludes halogenated alkanes) is 1. The molecule has 23 heavy (non-hydrogen) atoms. The summed E-state index contributed by atoms with van der Waals surface area (Å²) in [4.78, 5) is 0.501. The number of benzene rings is 1. The molecule has 1 aromatic carbocycles. The maximum Gasteiger partial charge on any atom is 0.294 e. The maximum absolute atomic E-state index is 12.3. The second kappa shape index (κ2) is 6.59. The summed E-state index contributed by atoms with van der Waals surface area (Å²) in [5.41, 5.74) is 2.30. The number of rotatable bonds is 5. The van der Waals surface area contributed by atoms with Crippen LogP contribution in [0, 0.1) is 0 Å². The fourth-order valence-corrected chi connectivity index (χ4v) is 5.64. The number of hydrogen-bond donors (Lipinski definition) is 0. The summed E-state index contributed by atoms with van der Waals surface area (Å²) in [6, 6.07) is 9.61. The van der Waals surface area contributed by atoms with E-state index < -0.39 is 10.0 Å². The summed E-state index contributed by atoms with van der Waals surface area (Å²) in [7, 11) is -1.78. The Morgan fingerprint density at radius 1 is 1.26 bits per heavy atom. The zero-order chi connectivity index (χ0) is 16.4. The van der Waals surface area contributed by atoms with E-state index in [1.807, 2.05) is 17.7 Å². The van der Waals surface area contributed by atoms with Gasteiger partial charge in [0.1, 0.15) is 4.21 Å². The van der Waals surface area contributed by atoms with Crippen LogP contribution >= 0.6 is 22.7 Å². The Hall–Kier alpha value is -1.44. The van der Waals surface area contributed by atoms with Crippen LogP contribution in [0.2, 0.25) is 0 Å². The van der Waals surface area contributed by atoms with E-state index in [-0.39, 0.29) is 4.21 Å². The van der Waals surface area contributed by atoms with Gasteiger partial charge in [0.2, 0.25) is 4.80 Å². The zero-order valence-corrected chi connectivity index (χ0v) is 15.5. The molecule has 0 unspecified atom stereocenters. The van der Waals surface area contributed by atoms with Gasteiger partial charge < -0.3 is 4.57 Å². The van der Waals surface area contributed by atoms with Crippen molar-refractivity contribution in [3.8, 4) is 0 Å². The first-order chi connectivity index (χ1) is 11.0. The van der Waals surface area contributed by atoms with Gasteiger partial charge in [-0.15, -0.1) is 15.7 Å². The van der Waals surface area contributed by atoms with Crippen LogP contribution in [0.3, 0.4) is 0 Å². The van der Waals surface area contributed by atoms with Crippen molar-refractivity contribution in [1.29, 1.82) is 0 Å². The monoisotopic (exact) mass is 366 g/mol. The standard InChI is InChI=1S/C16H18N2O2S3/c1-3-4-6-12-8-9-13-14(11-12)22-16(18(13)2)17-23(19,20)15-7-5-10-21-15/h5,7-11H,3-4,6H2,1-2H3. The van der Waals surface area contributed by atoms with Gasteiger partial charge in [-0.25, -0.2) is 0 Å². The highest BCUT2D eigenvalue weighted by Crippen LogP contribution is 2.21. The van der Waals surface area contributed by atoms with Crippen LogP contribution in [0.4, 0.5) is 0 Å². The fourth-order valence-electron chi connectivity index (χ4n) is 2.36. The van der Waals surface area contributed by atoms with Crippen LogP contribution in [-0.2, 0) is 23.5 Å². The van der Waals surface area contributed by atoms with Gasteiger partial charge in [0.15, 0.2) is 0 Å². The molecule has 2 heterocycles. The first-order valence-electron chi connectivity index (χ1n) is 7.44. The number of aromatic nitrogens is 1. The van der Waals surface area contributed by atoms with E-state index in [1.165, 1.54) is 28.2 Å². The molecule has 7 heteroatoms. The molecular weight excluding hydrogens is 348 g/mol. The lowest BCUT2D eigenvalue weighted by molar-refractivity contribution is 0.598. The SMILES string of the molecule is CCCCc1ccc2c(c1)sc(=NS(=O)(=O)c1cccs1)n2C. The number of nitrogens with zero attached hydrogens (tertiary/aromatic N) is 2. The summed E-state index contributed by atoms with van der Waals surface area (Å²) >= 11 is 2.60. The normalized spacial score (nSPS) is 13.0. The van der Waals surface area contributed by atoms with Crippen LogP contribution in [-0.4, -0.2) is 13.0 Å². The van der Waals surface area contributed by atoms with Crippen molar-refractivity contribution in [3.63, 3.8) is 0 Å². The van der Waals surface area contributed by atoms with Crippen LogP contribution in [0.15, 0.2) is 44.3 Å². The smallest absolute Gasteiger partial charge is 0.294 e. The molecule has 4 nitrogen and oxygen atoms in total. The molecule has 0 bridgehead atoms. The van der Waals surface area contributed by atoms with Crippen LogP contribution in [0.1, 0.15) is 25.3 Å². The number of hydrogen-bond acceptors (Lipinski definition) is 4. The number of fused-ring (bicyclic) bond motifs is 1. The summed E-state index contributed by atoms with van der Waals surface area (Å²) in [6.07, 6.45) is 3.37. The third kappa shape index (κ3) is 3.41. The van der Waals surface area contributed by atoms with E-state index in [0.717, 1.165) is 29.5 Å². The molecule has 0 spiro atoms. The summed E-state index contributed by atoms with van der Waals surface area (Å²) in [5.74, 6) is 0. The topological polar surface area (TPSA) is 51.4 Å². The summed E-state index contributed by atoms with van der Waals surface area (Å²) in [5, 5.41) is 1.74. The second-order valence-electron chi connectivity index (χ2n) is 5.35. The molecule has 0 fully saturated rings. The summed E-state index contributed by atoms with van der Waals surface area (Å²) in [6.45, 7) is 2.18. The van der Waals surface area contributed by atoms with Gasteiger partial charge in [0, 0.05) is 7.05 Å². The van der Waals surface area contributed by atoms with E-state index in [0.29, 0.717) is 4.80 Å². The molecule has 0 aliphatic carbocycles. The Labute approximate surface area is 143 Å². The predicted molar refractivity (Wildman–Crippen MR) is 96.5 cm³/mol. The minimum atomic E-state index is -3.63. The molecule has 2 aromatic heterocycles. The molecule has 0 saturated carbocycles. The Kier molecular flexibility index (Phi) is 4.70. The molecule has 0 amide bonds. The van der Waals surface area contributed by atoms with E-state index in [1.54, 1.807) is 17.5 Å². The second-order valence-corrected chi connectivity index (χ2v) is 9.14. The predicted octanol–water partition coefficient (Wildman–Crippen LogP) is 3.93. The van der Waals surface area contributed by atoms with Crippen molar-refractivity contribution in [2.75, 3.05) is 0 Å². The summed E-state index contributed by atoms with van der Waals surface area (Å²) < 4.78 is 31.9. The quantitative estimate of drug-likeness (QED) is 0.687. The number of sulfonamides is 1. The third-order valence-electron chi connectivity index (χ3n) is 3.64. The zero-order valence-electron chi connectivity index (χ0n) is 13.0. The highest BCUT2D eigenvalue weighted by Gasteiger charge is 2.14. The first-order valence-corrected chi connectivity index (χ1v) is 10.6. The third-order valence-corrected chi connectivity index (χ3v) is 7.49. The van der Waals surface area contributed by atoms with Gasteiger partial charge in [-0.1, -0.05) is 36.8 Å². The number of thiophene rings is 1. The molecule has 122 valence electrons. The first kappa shape index (κ1) is 16.4. The Balaban J connectivity index is 2.08. The minimum Gasteiger partial charge on any atom is -0.319 e. The average Bonchev–Trinajstić information content (AvgIpc) is 3.15. The van der Waals surface area contributed by atoms with Crippen LogP contribution in [0.25, 0.3) is 10.2 Å². The van der Waals surface area contributed by atoms with Crippen LogP contribution in [0.5, 0.6) is 0 Å². The largest absolute Gasteiger partial charge is 0.319 e. The van der Waals surface area contributed by atoms with Crippen molar-refractivity contribution < 1.29 is 8.42 Å². The van der Waals surface area contributed by atoms with Crippen LogP contribution < -0.4 is 4.80 Å². The lowest BCUT2D eigenvalue weighted by Gasteiger charge is -2.00. The number of aryl methyl sites for hydroxylation is 2. The number of thiazole rings is 1. The average molecular weight is 367 g/mol.